The highest BCUT2D eigenvalue weighted by Crippen LogP contribution is 1.92. The molecule has 0 spiro atoms. The van der Waals surface area contributed by atoms with Gasteiger partial charge in [0.15, 0.2) is 0 Å². The Labute approximate surface area is 66.1 Å². The van der Waals surface area contributed by atoms with E-state index in [1.54, 1.807) is 0 Å². The molecule has 0 aromatic carbocycles. The maximum Gasteiger partial charge on any atom is 0.302 e. The third-order valence-corrected chi connectivity index (χ3v) is 1.12. The first-order valence-electron chi connectivity index (χ1n) is 3.47. The van der Waals surface area contributed by atoms with Crippen LogP contribution in [0.25, 0.3) is 0 Å². The summed E-state index contributed by atoms with van der Waals surface area (Å²) < 4.78 is 9.28. The Morgan fingerprint density at radius 1 is 1.64 bits per heavy atom. The molecule has 0 aliphatic heterocycles. The monoisotopic (exact) mass is 162 g/mol. The Kier molecular flexibility index (Phi) is 5.78. The number of hydrogen-bond donors (Lipinski definition) is 1. The fourth-order valence-corrected chi connectivity index (χ4v) is 0.614. The molecule has 0 amide bonds. The van der Waals surface area contributed by atoms with Crippen molar-refractivity contribution >= 4 is 5.97 Å². The van der Waals surface area contributed by atoms with Crippen LogP contribution in [0.4, 0.5) is 0 Å². The van der Waals surface area contributed by atoms with Crippen molar-refractivity contribution < 1.29 is 19.4 Å². The van der Waals surface area contributed by atoms with E-state index in [4.69, 9.17) is 5.11 Å². The lowest BCUT2D eigenvalue weighted by Gasteiger charge is -2.08. The van der Waals surface area contributed by atoms with Gasteiger partial charge in [-0.3, -0.25) is 4.79 Å². The zero-order valence-corrected chi connectivity index (χ0v) is 6.87. The molecule has 0 aromatic rings. The molecule has 1 unspecified atom stereocenters. The van der Waals surface area contributed by atoms with Crippen LogP contribution < -0.4 is 0 Å². The van der Waals surface area contributed by atoms with Gasteiger partial charge in [-0.25, -0.2) is 0 Å². The molecule has 0 bridgehead atoms. The van der Waals surface area contributed by atoms with Gasteiger partial charge in [0.05, 0.1) is 19.3 Å². The molecule has 0 radical (unpaired) electrons. The molecular formula is C7H14O4. The first kappa shape index (κ1) is 10.4. The Morgan fingerprint density at radius 2 is 2.27 bits per heavy atom. The topological polar surface area (TPSA) is 55.8 Å². The molecule has 0 fully saturated rings. The molecule has 66 valence electrons. The molecule has 1 N–H and O–H groups in total. The third kappa shape index (κ3) is 7.29. The van der Waals surface area contributed by atoms with Crippen LogP contribution in [0.5, 0.6) is 0 Å². The van der Waals surface area contributed by atoms with Crippen LogP contribution in [0.2, 0.25) is 0 Å². The number of esters is 1. The second-order valence-corrected chi connectivity index (χ2v) is 2.24. The van der Waals surface area contributed by atoms with E-state index in [0.29, 0.717) is 6.42 Å². The molecule has 0 saturated heterocycles. The minimum Gasteiger partial charge on any atom is -0.466 e. The number of carbonyl (C=O) groups is 1. The predicted octanol–water partition coefficient (Wildman–Crippen LogP) is -0.0531. The van der Waals surface area contributed by atoms with Crippen LogP contribution in [0, 0.1) is 0 Å². The minimum absolute atomic E-state index is 0.250. The predicted molar refractivity (Wildman–Crippen MR) is 39.1 cm³/mol. The van der Waals surface area contributed by atoms with Gasteiger partial charge >= 0.3 is 5.97 Å². The molecule has 0 heterocycles. The fourth-order valence-electron chi connectivity index (χ4n) is 0.614. The van der Waals surface area contributed by atoms with Gasteiger partial charge < -0.3 is 14.6 Å². The number of rotatable bonds is 5. The molecule has 11 heavy (non-hydrogen) atoms. The van der Waals surface area contributed by atoms with Gasteiger partial charge in [0.1, 0.15) is 0 Å². The highest BCUT2D eigenvalue weighted by atomic mass is 16.5. The summed E-state index contributed by atoms with van der Waals surface area (Å²) >= 11 is 0. The van der Waals surface area contributed by atoms with Crippen LogP contribution in [-0.2, 0) is 14.3 Å². The summed E-state index contributed by atoms with van der Waals surface area (Å²) in [6.45, 7) is 1.86. The Hall–Kier alpha value is -0.610. The quantitative estimate of drug-likeness (QED) is 0.576. The van der Waals surface area contributed by atoms with E-state index >= 15 is 0 Å². The number of carbonyl (C=O) groups excluding carboxylic acids is 1. The van der Waals surface area contributed by atoms with Gasteiger partial charge in [-0.2, -0.15) is 0 Å². The molecule has 0 aliphatic carbocycles. The number of aliphatic hydroxyl groups excluding tert-OH is 1. The summed E-state index contributed by atoms with van der Waals surface area (Å²) in [5, 5.41) is 9.05. The lowest BCUT2D eigenvalue weighted by molar-refractivity contribution is -0.141. The number of aliphatic hydroxyl groups is 1. The molecule has 0 rings (SSSR count). The first-order valence-corrected chi connectivity index (χ1v) is 3.47. The summed E-state index contributed by atoms with van der Waals surface area (Å²) in [6, 6.07) is 0. The lowest BCUT2D eigenvalue weighted by atomic mass is 10.3. The normalized spacial score (nSPS) is 12.6. The smallest absolute Gasteiger partial charge is 0.302 e. The summed E-state index contributed by atoms with van der Waals surface area (Å²) in [5.74, 6) is -0.324. The second-order valence-electron chi connectivity index (χ2n) is 2.24. The molecular weight excluding hydrogens is 148 g/mol. The van der Waals surface area contributed by atoms with Gasteiger partial charge in [-0.05, 0) is 0 Å². The number of hydrogen-bond acceptors (Lipinski definition) is 4. The molecule has 0 aliphatic rings. The Morgan fingerprint density at radius 3 is 2.73 bits per heavy atom. The highest BCUT2D eigenvalue weighted by molar-refractivity contribution is 5.65. The Bertz CT molecular complexity index is 113. The van der Waals surface area contributed by atoms with Gasteiger partial charge in [0.25, 0.3) is 0 Å². The van der Waals surface area contributed by atoms with Crippen molar-refractivity contribution in [3.05, 3.63) is 0 Å². The fraction of sp³-hybridized carbons (Fsp3) is 0.857. The van der Waals surface area contributed by atoms with E-state index in [1.807, 2.05) is 0 Å². The SMILES string of the molecule is COCC(O)CCOC(C)=O. The van der Waals surface area contributed by atoms with Crippen molar-refractivity contribution in [2.24, 2.45) is 0 Å². The van der Waals surface area contributed by atoms with E-state index in [0.717, 1.165) is 0 Å². The average molecular weight is 162 g/mol. The van der Waals surface area contributed by atoms with Crippen molar-refractivity contribution in [3.63, 3.8) is 0 Å². The zero-order chi connectivity index (χ0) is 8.69. The van der Waals surface area contributed by atoms with E-state index in [-0.39, 0.29) is 19.2 Å². The summed E-state index contributed by atoms with van der Waals surface area (Å²) in [4.78, 5) is 10.2. The summed E-state index contributed by atoms with van der Waals surface area (Å²) in [5.41, 5.74) is 0. The van der Waals surface area contributed by atoms with Crippen molar-refractivity contribution in [1.29, 1.82) is 0 Å². The minimum atomic E-state index is -0.542. The van der Waals surface area contributed by atoms with Gasteiger partial charge in [0, 0.05) is 20.5 Å². The van der Waals surface area contributed by atoms with E-state index in [1.165, 1.54) is 14.0 Å². The van der Waals surface area contributed by atoms with E-state index in [9.17, 15) is 4.79 Å². The van der Waals surface area contributed by atoms with Gasteiger partial charge in [-0.15, -0.1) is 0 Å². The van der Waals surface area contributed by atoms with Crippen LogP contribution >= 0.6 is 0 Å². The molecule has 0 saturated carbocycles. The molecule has 4 nitrogen and oxygen atoms in total. The second kappa shape index (κ2) is 6.12. The van der Waals surface area contributed by atoms with Gasteiger partial charge in [-0.1, -0.05) is 0 Å². The Balaban J connectivity index is 3.16. The molecule has 0 aromatic heterocycles. The average Bonchev–Trinajstić information content (AvgIpc) is 1.87. The maximum absolute atomic E-state index is 10.2. The largest absolute Gasteiger partial charge is 0.466 e. The van der Waals surface area contributed by atoms with Crippen molar-refractivity contribution in [2.45, 2.75) is 19.4 Å². The van der Waals surface area contributed by atoms with E-state index in [2.05, 4.69) is 9.47 Å². The highest BCUT2D eigenvalue weighted by Gasteiger charge is 2.03. The van der Waals surface area contributed by atoms with Gasteiger partial charge in [0.2, 0.25) is 0 Å². The number of ether oxygens (including phenoxy) is 2. The van der Waals surface area contributed by atoms with Crippen LogP contribution in [-0.4, -0.2) is 37.5 Å². The molecule has 1 atom stereocenters. The van der Waals surface area contributed by atoms with Crippen molar-refractivity contribution in [1.82, 2.24) is 0 Å². The summed E-state index contributed by atoms with van der Waals surface area (Å²) in [7, 11) is 1.51. The van der Waals surface area contributed by atoms with Crippen LogP contribution in [0.1, 0.15) is 13.3 Å². The standard InChI is InChI=1S/C7H14O4/c1-6(8)11-4-3-7(9)5-10-2/h7,9H,3-5H2,1-2H3. The third-order valence-electron chi connectivity index (χ3n) is 1.12. The number of methoxy groups -OCH3 is 1. The van der Waals surface area contributed by atoms with Crippen molar-refractivity contribution in [2.75, 3.05) is 20.3 Å². The van der Waals surface area contributed by atoms with Crippen LogP contribution in [0.3, 0.4) is 0 Å². The van der Waals surface area contributed by atoms with Crippen molar-refractivity contribution in [3.8, 4) is 0 Å². The lowest BCUT2D eigenvalue weighted by Crippen LogP contribution is -2.17. The van der Waals surface area contributed by atoms with Crippen LogP contribution in [0.15, 0.2) is 0 Å². The zero-order valence-electron chi connectivity index (χ0n) is 6.87. The molecule has 4 heteroatoms. The summed E-state index contributed by atoms with van der Waals surface area (Å²) in [6.07, 6.45) is -0.118. The maximum atomic E-state index is 10.2. The van der Waals surface area contributed by atoms with E-state index < -0.39 is 6.10 Å². The first-order chi connectivity index (χ1) is 5.16.